The molecule has 7 heteroatoms. The van der Waals surface area contributed by atoms with Crippen molar-refractivity contribution in [2.75, 3.05) is 19.3 Å². The zero-order valence-corrected chi connectivity index (χ0v) is 18.7. The molecule has 2 aromatic carbocycles. The maximum absolute atomic E-state index is 13.0. The van der Waals surface area contributed by atoms with Gasteiger partial charge in [-0.15, -0.1) is 0 Å². The highest BCUT2D eigenvalue weighted by Crippen LogP contribution is 2.24. The van der Waals surface area contributed by atoms with Gasteiger partial charge in [0.15, 0.2) is 9.84 Å². The Balaban J connectivity index is 1.39. The molecule has 6 nitrogen and oxygen atoms in total. The third kappa shape index (κ3) is 5.53. The molecule has 1 saturated heterocycles. The first-order valence-electron chi connectivity index (χ1n) is 10.8. The number of benzene rings is 2. The quantitative estimate of drug-likeness (QED) is 0.565. The summed E-state index contributed by atoms with van der Waals surface area (Å²) < 4.78 is 25.5. The van der Waals surface area contributed by atoms with Gasteiger partial charge >= 0.3 is 0 Å². The summed E-state index contributed by atoms with van der Waals surface area (Å²) in [5, 5.41) is 0. The number of aryl methyl sites for hydroxylation is 1. The standard InChI is InChI=1S/C24H29N3O3S/c1-31(29,30)18-23-25-21-9-5-6-10-22(21)27(23)17-24(28)26-15-13-20(14-16-26)12-11-19-7-3-2-4-8-19/h2-10,20H,11-18H2,1H3. The Kier molecular flexibility index (Phi) is 6.41. The van der Waals surface area contributed by atoms with E-state index in [1.165, 1.54) is 11.8 Å². The molecule has 1 fully saturated rings. The van der Waals surface area contributed by atoms with Crippen molar-refractivity contribution in [3.05, 3.63) is 66.0 Å². The van der Waals surface area contributed by atoms with Gasteiger partial charge in [-0.05, 0) is 49.3 Å². The maximum atomic E-state index is 13.0. The molecular formula is C24H29N3O3S. The largest absolute Gasteiger partial charge is 0.341 e. The minimum Gasteiger partial charge on any atom is -0.341 e. The Hall–Kier alpha value is -2.67. The molecule has 164 valence electrons. The molecule has 0 unspecified atom stereocenters. The lowest BCUT2D eigenvalue weighted by Gasteiger charge is -2.32. The predicted molar refractivity (Wildman–Crippen MR) is 122 cm³/mol. The summed E-state index contributed by atoms with van der Waals surface area (Å²) in [6, 6.07) is 18.0. The van der Waals surface area contributed by atoms with Crippen LogP contribution in [0.15, 0.2) is 54.6 Å². The number of likely N-dealkylation sites (tertiary alicyclic amines) is 1. The fourth-order valence-electron chi connectivity index (χ4n) is 4.37. The fraction of sp³-hybridized carbons (Fsp3) is 0.417. The van der Waals surface area contributed by atoms with Crippen molar-refractivity contribution in [2.24, 2.45) is 5.92 Å². The highest BCUT2D eigenvalue weighted by Gasteiger charge is 2.24. The summed E-state index contributed by atoms with van der Waals surface area (Å²) >= 11 is 0. The highest BCUT2D eigenvalue weighted by molar-refractivity contribution is 7.89. The number of hydrogen-bond donors (Lipinski definition) is 0. The first-order valence-corrected chi connectivity index (χ1v) is 12.9. The van der Waals surface area contributed by atoms with Gasteiger partial charge in [-0.1, -0.05) is 42.5 Å². The molecule has 2 heterocycles. The lowest BCUT2D eigenvalue weighted by atomic mass is 9.90. The van der Waals surface area contributed by atoms with Gasteiger partial charge in [-0.3, -0.25) is 4.79 Å². The van der Waals surface area contributed by atoms with Crippen molar-refractivity contribution in [1.82, 2.24) is 14.5 Å². The van der Waals surface area contributed by atoms with Crippen LogP contribution in [0.25, 0.3) is 11.0 Å². The molecule has 31 heavy (non-hydrogen) atoms. The third-order valence-corrected chi connectivity index (χ3v) is 6.85. The van der Waals surface area contributed by atoms with Crippen molar-refractivity contribution in [1.29, 1.82) is 0 Å². The van der Waals surface area contributed by atoms with E-state index in [9.17, 15) is 13.2 Å². The summed E-state index contributed by atoms with van der Waals surface area (Å²) in [5.41, 5.74) is 2.88. The summed E-state index contributed by atoms with van der Waals surface area (Å²) in [5.74, 6) is 0.921. The molecule has 1 aliphatic heterocycles. The molecule has 0 bridgehead atoms. The lowest BCUT2D eigenvalue weighted by molar-refractivity contribution is -0.133. The Morgan fingerprint density at radius 3 is 2.42 bits per heavy atom. The van der Waals surface area contributed by atoms with E-state index < -0.39 is 9.84 Å². The normalized spacial score (nSPS) is 15.5. The Morgan fingerprint density at radius 1 is 1.03 bits per heavy atom. The fourth-order valence-corrected chi connectivity index (χ4v) is 5.06. The van der Waals surface area contributed by atoms with Crippen LogP contribution in [-0.4, -0.2) is 48.1 Å². The number of hydrogen-bond acceptors (Lipinski definition) is 4. The van der Waals surface area contributed by atoms with E-state index in [1.54, 1.807) is 4.57 Å². The number of imidazole rings is 1. The summed E-state index contributed by atoms with van der Waals surface area (Å²) in [4.78, 5) is 19.4. The molecule has 0 spiro atoms. The number of amides is 1. The van der Waals surface area contributed by atoms with E-state index >= 15 is 0 Å². The molecule has 3 aromatic rings. The summed E-state index contributed by atoms with van der Waals surface area (Å²) in [6.07, 6.45) is 5.45. The Morgan fingerprint density at radius 2 is 1.71 bits per heavy atom. The molecule has 0 atom stereocenters. The minimum atomic E-state index is -3.25. The van der Waals surface area contributed by atoms with E-state index in [-0.39, 0.29) is 18.2 Å². The van der Waals surface area contributed by atoms with E-state index in [0.29, 0.717) is 17.3 Å². The summed E-state index contributed by atoms with van der Waals surface area (Å²) in [7, 11) is -3.25. The van der Waals surface area contributed by atoms with Gasteiger partial charge in [0.1, 0.15) is 18.1 Å². The van der Waals surface area contributed by atoms with Crippen LogP contribution in [0, 0.1) is 5.92 Å². The second-order valence-electron chi connectivity index (χ2n) is 8.52. The van der Waals surface area contributed by atoms with Crippen molar-refractivity contribution >= 4 is 26.8 Å². The summed E-state index contributed by atoms with van der Waals surface area (Å²) in [6.45, 7) is 1.64. The molecule has 1 aliphatic rings. The van der Waals surface area contributed by atoms with Crippen molar-refractivity contribution in [3.63, 3.8) is 0 Å². The van der Waals surface area contributed by atoms with E-state index in [4.69, 9.17) is 0 Å². The third-order valence-electron chi connectivity index (χ3n) is 6.07. The number of fused-ring (bicyclic) bond motifs is 1. The zero-order valence-electron chi connectivity index (χ0n) is 17.9. The molecule has 0 saturated carbocycles. The predicted octanol–water partition coefficient (Wildman–Crippen LogP) is 3.45. The van der Waals surface area contributed by atoms with E-state index in [2.05, 4.69) is 29.2 Å². The average Bonchev–Trinajstić information content (AvgIpc) is 3.08. The molecule has 4 rings (SSSR count). The van der Waals surface area contributed by atoms with Crippen LogP contribution in [0.4, 0.5) is 0 Å². The highest BCUT2D eigenvalue weighted by atomic mass is 32.2. The van der Waals surface area contributed by atoms with Gasteiger partial charge in [-0.2, -0.15) is 0 Å². The van der Waals surface area contributed by atoms with Crippen LogP contribution < -0.4 is 0 Å². The lowest BCUT2D eigenvalue weighted by Crippen LogP contribution is -2.40. The molecule has 0 radical (unpaired) electrons. The van der Waals surface area contributed by atoms with Crippen LogP contribution in [0.2, 0.25) is 0 Å². The second-order valence-corrected chi connectivity index (χ2v) is 10.7. The van der Waals surface area contributed by atoms with Gasteiger partial charge in [0, 0.05) is 19.3 Å². The van der Waals surface area contributed by atoms with Crippen LogP contribution in [0.5, 0.6) is 0 Å². The molecular weight excluding hydrogens is 410 g/mol. The number of piperidine rings is 1. The van der Waals surface area contributed by atoms with E-state index in [0.717, 1.165) is 44.3 Å². The second kappa shape index (κ2) is 9.22. The van der Waals surface area contributed by atoms with Gasteiger partial charge in [0.2, 0.25) is 5.91 Å². The molecule has 1 aromatic heterocycles. The maximum Gasteiger partial charge on any atom is 0.242 e. The van der Waals surface area contributed by atoms with E-state index in [1.807, 2.05) is 35.2 Å². The van der Waals surface area contributed by atoms with Gasteiger partial charge in [0.25, 0.3) is 0 Å². The number of carbonyl (C=O) groups is 1. The van der Waals surface area contributed by atoms with Crippen LogP contribution in [0.1, 0.15) is 30.7 Å². The minimum absolute atomic E-state index is 0.0272. The van der Waals surface area contributed by atoms with Gasteiger partial charge in [0.05, 0.1) is 11.0 Å². The van der Waals surface area contributed by atoms with Gasteiger partial charge in [-0.25, -0.2) is 13.4 Å². The Labute approximate surface area is 183 Å². The smallest absolute Gasteiger partial charge is 0.242 e. The van der Waals surface area contributed by atoms with Crippen molar-refractivity contribution in [3.8, 4) is 0 Å². The van der Waals surface area contributed by atoms with Crippen molar-refractivity contribution < 1.29 is 13.2 Å². The topological polar surface area (TPSA) is 72.3 Å². The molecule has 0 aliphatic carbocycles. The monoisotopic (exact) mass is 439 g/mol. The zero-order chi connectivity index (χ0) is 21.8. The number of carbonyl (C=O) groups excluding carboxylic acids is 1. The van der Waals surface area contributed by atoms with Crippen molar-refractivity contribution in [2.45, 2.75) is 38.0 Å². The Bertz CT molecular complexity index is 1150. The first-order chi connectivity index (χ1) is 14.9. The number of rotatable bonds is 7. The molecule has 0 N–H and O–H groups in total. The number of para-hydroxylation sites is 2. The van der Waals surface area contributed by atoms with Gasteiger partial charge < -0.3 is 9.47 Å². The number of aromatic nitrogens is 2. The number of nitrogens with zero attached hydrogens (tertiary/aromatic N) is 3. The van der Waals surface area contributed by atoms with Crippen LogP contribution in [-0.2, 0) is 33.4 Å². The average molecular weight is 440 g/mol. The van der Waals surface area contributed by atoms with Crippen LogP contribution >= 0.6 is 0 Å². The number of sulfone groups is 1. The SMILES string of the molecule is CS(=O)(=O)Cc1nc2ccccc2n1CC(=O)N1CCC(CCc2ccccc2)CC1. The first kappa shape index (κ1) is 21.6. The van der Waals surface area contributed by atoms with Crippen LogP contribution in [0.3, 0.4) is 0 Å². The molecule has 1 amide bonds.